The van der Waals surface area contributed by atoms with Gasteiger partial charge in [-0.3, -0.25) is 4.79 Å². The SMILES string of the molecule is CN1CCC2(CC1)CN(C(=O)CCc1c[nH]c3ccccc13)CS2. The van der Waals surface area contributed by atoms with Gasteiger partial charge in [0.25, 0.3) is 0 Å². The minimum atomic E-state index is 0.309. The fourth-order valence-electron chi connectivity index (χ4n) is 3.88. The molecule has 0 bridgehead atoms. The number of amides is 1. The Labute approximate surface area is 147 Å². The molecule has 3 heterocycles. The number of likely N-dealkylation sites (tertiary alicyclic amines) is 1. The molecule has 1 aromatic carbocycles. The molecule has 2 fully saturated rings. The number of para-hydroxylation sites is 1. The molecule has 1 amide bonds. The van der Waals surface area contributed by atoms with Crippen LogP contribution in [-0.2, 0) is 11.2 Å². The highest BCUT2D eigenvalue weighted by molar-refractivity contribution is 8.00. The maximum atomic E-state index is 12.7. The molecule has 2 aliphatic heterocycles. The van der Waals surface area contributed by atoms with Crippen LogP contribution in [-0.4, -0.2) is 58.0 Å². The van der Waals surface area contributed by atoms with E-state index >= 15 is 0 Å². The maximum absolute atomic E-state index is 12.7. The van der Waals surface area contributed by atoms with Crippen LogP contribution in [0.25, 0.3) is 10.9 Å². The first kappa shape index (κ1) is 16.0. The largest absolute Gasteiger partial charge is 0.361 e. The highest BCUT2D eigenvalue weighted by Crippen LogP contribution is 2.42. The Morgan fingerprint density at radius 1 is 1.29 bits per heavy atom. The fraction of sp³-hybridized carbons (Fsp3) is 0.526. The second-order valence-corrected chi connectivity index (χ2v) is 8.62. The lowest BCUT2D eigenvalue weighted by molar-refractivity contribution is -0.130. The van der Waals surface area contributed by atoms with E-state index in [2.05, 4.69) is 46.2 Å². The highest BCUT2D eigenvalue weighted by Gasteiger charge is 2.42. The average molecular weight is 343 g/mol. The zero-order valence-corrected chi connectivity index (χ0v) is 15.1. The molecule has 1 aromatic heterocycles. The van der Waals surface area contributed by atoms with Crippen molar-refractivity contribution in [2.45, 2.75) is 30.4 Å². The molecular weight excluding hydrogens is 318 g/mol. The van der Waals surface area contributed by atoms with Crippen LogP contribution in [0.15, 0.2) is 30.5 Å². The quantitative estimate of drug-likeness (QED) is 0.931. The zero-order valence-electron chi connectivity index (χ0n) is 14.3. The standard InChI is InChI=1S/C19H25N3OS/c1-21-10-8-19(9-11-21)13-22(14-24-19)18(23)7-6-15-12-20-17-5-3-2-4-16(15)17/h2-5,12,20H,6-11,13-14H2,1H3. The number of H-pyrrole nitrogens is 1. The molecule has 5 heteroatoms. The summed E-state index contributed by atoms with van der Waals surface area (Å²) in [4.78, 5) is 20.4. The van der Waals surface area contributed by atoms with Crippen molar-refractivity contribution in [3.63, 3.8) is 0 Å². The molecule has 1 spiro atoms. The maximum Gasteiger partial charge on any atom is 0.223 e. The first-order valence-electron chi connectivity index (χ1n) is 8.81. The van der Waals surface area contributed by atoms with E-state index in [0.29, 0.717) is 17.1 Å². The summed E-state index contributed by atoms with van der Waals surface area (Å²) in [5.74, 6) is 1.18. The van der Waals surface area contributed by atoms with Gasteiger partial charge in [-0.25, -0.2) is 0 Å². The van der Waals surface area contributed by atoms with Gasteiger partial charge in [0.05, 0.1) is 5.88 Å². The second-order valence-electron chi connectivity index (χ2n) is 7.21. The third-order valence-electron chi connectivity index (χ3n) is 5.54. The Bertz CT molecular complexity index is 733. The Morgan fingerprint density at radius 3 is 2.92 bits per heavy atom. The van der Waals surface area contributed by atoms with Gasteiger partial charge >= 0.3 is 0 Å². The lowest BCUT2D eigenvalue weighted by atomic mass is 9.95. The molecule has 1 N–H and O–H groups in total. The van der Waals surface area contributed by atoms with Crippen molar-refractivity contribution in [3.05, 3.63) is 36.0 Å². The Hall–Kier alpha value is -1.46. The number of carbonyl (C=O) groups is 1. The number of piperidine rings is 1. The summed E-state index contributed by atoms with van der Waals surface area (Å²) in [6.45, 7) is 3.26. The van der Waals surface area contributed by atoms with Gasteiger partial charge in [0.1, 0.15) is 0 Å². The van der Waals surface area contributed by atoms with E-state index in [-0.39, 0.29) is 0 Å². The molecule has 0 saturated carbocycles. The van der Waals surface area contributed by atoms with E-state index in [9.17, 15) is 4.79 Å². The third-order valence-corrected chi connectivity index (χ3v) is 7.13. The van der Waals surface area contributed by atoms with Crippen LogP contribution in [0.5, 0.6) is 0 Å². The molecular formula is C19H25N3OS. The van der Waals surface area contributed by atoms with Gasteiger partial charge in [-0.2, -0.15) is 0 Å². The van der Waals surface area contributed by atoms with Crippen LogP contribution in [0.3, 0.4) is 0 Å². The predicted molar refractivity (Wildman–Crippen MR) is 100 cm³/mol. The van der Waals surface area contributed by atoms with Gasteiger partial charge in [-0.05, 0) is 51.0 Å². The Morgan fingerprint density at radius 2 is 2.08 bits per heavy atom. The van der Waals surface area contributed by atoms with Gasteiger partial charge in [-0.1, -0.05) is 18.2 Å². The van der Waals surface area contributed by atoms with E-state index in [1.165, 1.54) is 23.8 Å². The van der Waals surface area contributed by atoms with Crippen LogP contribution >= 0.6 is 11.8 Å². The number of thioether (sulfide) groups is 1. The minimum absolute atomic E-state index is 0.309. The van der Waals surface area contributed by atoms with Crippen molar-refractivity contribution in [1.29, 1.82) is 0 Å². The number of aromatic nitrogens is 1. The van der Waals surface area contributed by atoms with Gasteiger partial charge in [0, 0.05) is 34.8 Å². The lowest BCUT2D eigenvalue weighted by Gasteiger charge is -2.36. The molecule has 4 nitrogen and oxygen atoms in total. The fourth-order valence-corrected chi connectivity index (χ4v) is 5.26. The molecule has 128 valence electrons. The smallest absolute Gasteiger partial charge is 0.223 e. The summed E-state index contributed by atoms with van der Waals surface area (Å²) in [6.07, 6.45) is 5.90. The summed E-state index contributed by atoms with van der Waals surface area (Å²) in [5, 5.41) is 1.24. The predicted octanol–water partition coefficient (Wildman–Crippen LogP) is 3.10. The summed E-state index contributed by atoms with van der Waals surface area (Å²) in [5.41, 5.74) is 2.40. The van der Waals surface area contributed by atoms with E-state index in [1.54, 1.807) is 0 Å². The first-order chi connectivity index (χ1) is 11.7. The number of aryl methyl sites for hydroxylation is 1. The number of carbonyl (C=O) groups excluding carboxylic acids is 1. The van der Waals surface area contributed by atoms with E-state index < -0.39 is 0 Å². The van der Waals surface area contributed by atoms with E-state index in [1.807, 2.05) is 17.8 Å². The van der Waals surface area contributed by atoms with Gasteiger partial charge < -0.3 is 14.8 Å². The molecule has 0 radical (unpaired) electrons. The number of nitrogens with one attached hydrogen (secondary N) is 1. The normalized spacial score (nSPS) is 21.0. The van der Waals surface area contributed by atoms with Crippen LogP contribution in [0.2, 0.25) is 0 Å². The molecule has 4 rings (SSSR count). The van der Waals surface area contributed by atoms with Crippen LogP contribution in [0, 0.1) is 0 Å². The Balaban J connectivity index is 1.35. The topological polar surface area (TPSA) is 39.3 Å². The van der Waals surface area contributed by atoms with Gasteiger partial charge in [-0.15, -0.1) is 11.8 Å². The lowest BCUT2D eigenvalue weighted by Crippen LogP contribution is -2.44. The average Bonchev–Trinajstić information content (AvgIpc) is 3.21. The van der Waals surface area contributed by atoms with E-state index in [4.69, 9.17) is 0 Å². The van der Waals surface area contributed by atoms with Crippen molar-refractivity contribution < 1.29 is 4.79 Å². The van der Waals surface area contributed by atoms with Crippen molar-refractivity contribution in [3.8, 4) is 0 Å². The second kappa shape index (κ2) is 6.45. The van der Waals surface area contributed by atoms with Crippen molar-refractivity contribution in [2.75, 3.05) is 32.6 Å². The zero-order chi connectivity index (χ0) is 16.6. The summed E-state index contributed by atoms with van der Waals surface area (Å²) >= 11 is 2.00. The van der Waals surface area contributed by atoms with Crippen LogP contribution in [0.4, 0.5) is 0 Å². The molecule has 0 unspecified atom stereocenters. The number of benzene rings is 1. The number of aromatic amines is 1. The molecule has 2 aliphatic rings. The summed E-state index contributed by atoms with van der Waals surface area (Å²) in [7, 11) is 2.19. The summed E-state index contributed by atoms with van der Waals surface area (Å²) < 4.78 is 0.322. The van der Waals surface area contributed by atoms with Crippen molar-refractivity contribution in [1.82, 2.24) is 14.8 Å². The number of hydrogen-bond acceptors (Lipinski definition) is 3. The molecule has 0 atom stereocenters. The number of nitrogens with zero attached hydrogens (tertiary/aromatic N) is 2. The van der Waals surface area contributed by atoms with Gasteiger partial charge in [0.2, 0.25) is 5.91 Å². The van der Waals surface area contributed by atoms with Crippen molar-refractivity contribution >= 4 is 28.6 Å². The minimum Gasteiger partial charge on any atom is -0.361 e. The number of fused-ring (bicyclic) bond motifs is 1. The summed E-state index contributed by atoms with van der Waals surface area (Å²) in [6, 6.07) is 8.31. The molecule has 0 aliphatic carbocycles. The first-order valence-corrected chi connectivity index (χ1v) is 9.79. The molecule has 2 saturated heterocycles. The van der Waals surface area contributed by atoms with Gasteiger partial charge in [0.15, 0.2) is 0 Å². The molecule has 24 heavy (non-hydrogen) atoms. The van der Waals surface area contributed by atoms with E-state index in [0.717, 1.165) is 37.4 Å². The highest BCUT2D eigenvalue weighted by atomic mass is 32.2. The van der Waals surface area contributed by atoms with Crippen LogP contribution in [0.1, 0.15) is 24.8 Å². The monoisotopic (exact) mass is 343 g/mol. The number of rotatable bonds is 3. The number of hydrogen-bond donors (Lipinski definition) is 1. The van der Waals surface area contributed by atoms with Crippen LogP contribution < -0.4 is 0 Å². The third kappa shape index (κ3) is 3.07. The Kier molecular flexibility index (Phi) is 4.31. The molecule has 2 aromatic rings. The van der Waals surface area contributed by atoms with Crippen molar-refractivity contribution in [2.24, 2.45) is 0 Å².